The van der Waals surface area contributed by atoms with Crippen LogP contribution in [0.5, 0.6) is 0 Å². The first-order valence-electron chi connectivity index (χ1n) is 6.19. The van der Waals surface area contributed by atoms with Gasteiger partial charge in [0.2, 0.25) is 0 Å². The third-order valence-corrected chi connectivity index (χ3v) is 3.91. The standard InChI is InChI=1S/C14H17BrF3NO/c1-8(2)9(3)19(4)13(20)11-6-5-10(15)7-12(11)14(16,17)18/h5-9H,1-4H3. The summed E-state index contributed by atoms with van der Waals surface area (Å²) in [6.45, 7) is 5.65. The van der Waals surface area contributed by atoms with E-state index < -0.39 is 17.6 Å². The Morgan fingerprint density at radius 3 is 2.25 bits per heavy atom. The third kappa shape index (κ3) is 3.75. The van der Waals surface area contributed by atoms with Crippen LogP contribution in [0.1, 0.15) is 36.7 Å². The molecule has 0 bridgehead atoms. The van der Waals surface area contributed by atoms with Gasteiger partial charge in [0, 0.05) is 17.6 Å². The number of rotatable bonds is 3. The van der Waals surface area contributed by atoms with E-state index in [-0.39, 0.29) is 17.5 Å². The zero-order valence-corrected chi connectivity index (χ0v) is 13.3. The van der Waals surface area contributed by atoms with Crippen molar-refractivity contribution in [2.24, 2.45) is 5.92 Å². The molecule has 0 aliphatic rings. The number of carbonyl (C=O) groups is 1. The smallest absolute Gasteiger partial charge is 0.339 e. The Bertz CT molecular complexity index is 500. The molecule has 112 valence electrons. The molecule has 6 heteroatoms. The van der Waals surface area contributed by atoms with Gasteiger partial charge in [-0.15, -0.1) is 0 Å². The van der Waals surface area contributed by atoms with Crippen LogP contribution in [-0.4, -0.2) is 23.9 Å². The molecular weight excluding hydrogens is 335 g/mol. The Morgan fingerprint density at radius 2 is 1.80 bits per heavy atom. The molecule has 1 amide bonds. The summed E-state index contributed by atoms with van der Waals surface area (Å²) in [5.41, 5.74) is -1.24. The fourth-order valence-electron chi connectivity index (χ4n) is 1.76. The molecule has 2 nitrogen and oxygen atoms in total. The second-order valence-corrected chi connectivity index (χ2v) is 6.00. The first-order valence-corrected chi connectivity index (χ1v) is 6.99. The number of hydrogen-bond donors (Lipinski definition) is 0. The normalized spacial score (nSPS) is 13.4. The van der Waals surface area contributed by atoms with Crippen molar-refractivity contribution >= 4 is 21.8 Å². The van der Waals surface area contributed by atoms with Crippen molar-refractivity contribution in [1.29, 1.82) is 0 Å². The minimum Gasteiger partial charge on any atom is -0.339 e. The summed E-state index contributed by atoms with van der Waals surface area (Å²) in [5, 5.41) is 0. The highest BCUT2D eigenvalue weighted by Gasteiger charge is 2.36. The number of hydrogen-bond acceptors (Lipinski definition) is 1. The Kier molecular flexibility index (Phi) is 5.24. The molecule has 0 spiro atoms. The number of nitrogens with zero attached hydrogens (tertiary/aromatic N) is 1. The average Bonchev–Trinajstić information content (AvgIpc) is 2.34. The molecule has 1 atom stereocenters. The van der Waals surface area contributed by atoms with E-state index in [2.05, 4.69) is 15.9 Å². The molecule has 0 aromatic heterocycles. The molecule has 0 heterocycles. The summed E-state index contributed by atoms with van der Waals surface area (Å²) in [5.74, 6) is -0.459. The van der Waals surface area contributed by atoms with Crippen molar-refractivity contribution in [1.82, 2.24) is 4.90 Å². The zero-order chi connectivity index (χ0) is 15.7. The van der Waals surface area contributed by atoms with Gasteiger partial charge in [-0.25, -0.2) is 0 Å². The van der Waals surface area contributed by atoms with Crippen LogP contribution in [0.15, 0.2) is 22.7 Å². The molecule has 1 rings (SSSR count). The molecule has 1 aromatic rings. The van der Waals surface area contributed by atoms with Gasteiger partial charge in [-0.1, -0.05) is 29.8 Å². The quantitative estimate of drug-likeness (QED) is 0.780. The van der Waals surface area contributed by atoms with Gasteiger partial charge in [0.15, 0.2) is 0 Å². The van der Waals surface area contributed by atoms with E-state index in [0.717, 1.165) is 6.07 Å². The largest absolute Gasteiger partial charge is 0.417 e. The molecular formula is C14H17BrF3NO. The van der Waals surface area contributed by atoms with Gasteiger partial charge in [-0.3, -0.25) is 4.79 Å². The van der Waals surface area contributed by atoms with Crippen LogP contribution < -0.4 is 0 Å². The van der Waals surface area contributed by atoms with Crippen LogP contribution in [0, 0.1) is 5.92 Å². The number of carbonyl (C=O) groups excluding carboxylic acids is 1. The lowest BCUT2D eigenvalue weighted by atomic mass is 10.0. The van der Waals surface area contributed by atoms with Crippen molar-refractivity contribution in [2.45, 2.75) is 33.0 Å². The molecule has 0 aliphatic heterocycles. The molecule has 0 aliphatic carbocycles. The molecule has 1 aromatic carbocycles. The Morgan fingerprint density at radius 1 is 1.25 bits per heavy atom. The Hall–Kier alpha value is -1.04. The van der Waals surface area contributed by atoms with E-state index in [0.29, 0.717) is 4.47 Å². The second kappa shape index (κ2) is 6.16. The highest BCUT2D eigenvalue weighted by Crippen LogP contribution is 2.34. The van der Waals surface area contributed by atoms with E-state index in [1.54, 1.807) is 0 Å². The van der Waals surface area contributed by atoms with Gasteiger partial charge in [0.05, 0.1) is 11.1 Å². The van der Waals surface area contributed by atoms with Crippen LogP contribution in [-0.2, 0) is 6.18 Å². The van der Waals surface area contributed by atoms with Crippen molar-refractivity contribution in [3.05, 3.63) is 33.8 Å². The topological polar surface area (TPSA) is 20.3 Å². The summed E-state index contributed by atoms with van der Waals surface area (Å²) in [4.78, 5) is 13.6. The lowest BCUT2D eigenvalue weighted by Crippen LogP contribution is -2.39. The Balaban J connectivity index is 3.23. The average molecular weight is 352 g/mol. The van der Waals surface area contributed by atoms with Crippen molar-refractivity contribution in [3.63, 3.8) is 0 Å². The monoisotopic (exact) mass is 351 g/mol. The van der Waals surface area contributed by atoms with Crippen molar-refractivity contribution in [2.75, 3.05) is 7.05 Å². The predicted molar refractivity (Wildman–Crippen MR) is 75.5 cm³/mol. The predicted octanol–water partition coefficient (Wildman–Crippen LogP) is 4.58. The van der Waals surface area contributed by atoms with Crippen LogP contribution in [0.25, 0.3) is 0 Å². The van der Waals surface area contributed by atoms with Crippen LogP contribution in [0.3, 0.4) is 0 Å². The summed E-state index contributed by atoms with van der Waals surface area (Å²) < 4.78 is 39.4. The van der Waals surface area contributed by atoms with Gasteiger partial charge in [-0.2, -0.15) is 13.2 Å². The van der Waals surface area contributed by atoms with E-state index in [1.165, 1.54) is 24.1 Å². The highest BCUT2D eigenvalue weighted by molar-refractivity contribution is 9.10. The highest BCUT2D eigenvalue weighted by atomic mass is 79.9. The van der Waals surface area contributed by atoms with Gasteiger partial charge in [-0.05, 0) is 31.0 Å². The number of benzene rings is 1. The molecule has 0 saturated heterocycles. The maximum atomic E-state index is 13.0. The van der Waals surface area contributed by atoms with E-state index in [9.17, 15) is 18.0 Å². The maximum Gasteiger partial charge on any atom is 0.417 e. The maximum absolute atomic E-state index is 13.0. The SMILES string of the molecule is CC(C)C(C)N(C)C(=O)c1ccc(Br)cc1C(F)(F)F. The lowest BCUT2D eigenvalue weighted by molar-refractivity contribution is -0.138. The molecule has 0 fully saturated rings. The van der Waals surface area contributed by atoms with Gasteiger partial charge >= 0.3 is 6.18 Å². The van der Waals surface area contributed by atoms with E-state index in [4.69, 9.17) is 0 Å². The van der Waals surface area contributed by atoms with Gasteiger partial charge in [0.1, 0.15) is 0 Å². The lowest BCUT2D eigenvalue weighted by Gasteiger charge is -2.29. The first-order chi connectivity index (χ1) is 9.05. The summed E-state index contributed by atoms with van der Waals surface area (Å²) in [6, 6.07) is 3.43. The molecule has 0 saturated carbocycles. The third-order valence-electron chi connectivity index (χ3n) is 3.41. The van der Waals surface area contributed by atoms with Gasteiger partial charge in [0.25, 0.3) is 5.91 Å². The number of halogens is 4. The van der Waals surface area contributed by atoms with E-state index in [1.807, 2.05) is 20.8 Å². The second-order valence-electron chi connectivity index (χ2n) is 5.09. The summed E-state index contributed by atoms with van der Waals surface area (Å²) in [6.07, 6.45) is -4.56. The minimum atomic E-state index is -4.56. The fraction of sp³-hybridized carbons (Fsp3) is 0.500. The molecule has 0 radical (unpaired) electrons. The van der Waals surface area contributed by atoms with Crippen LogP contribution in [0.4, 0.5) is 13.2 Å². The zero-order valence-electron chi connectivity index (χ0n) is 11.8. The minimum absolute atomic E-state index is 0.146. The number of amides is 1. The van der Waals surface area contributed by atoms with Crippen molar-refractivity contribution < 1.29 is 18.0 Å². The fourth-order valence-corrected chi connectivity index (χ4v) is 2.12. The Labute approximate surface area is 125 Å². The van der Waals surface area contributed by atoms with E-state index >= 15 is 0 Å². The molecule has 20 heavy (non-hydrogen) atoms. The van der Waals surface area contributed by atoms with Crippen LogP contribution >= 0.6 is 15.9 Å². The van der Waals surface area contributed by atoms with Crippen LogP contribution in [0.2, 0.25) is 0 Å². The summed E-state index contributed by atoms with van der Waals surface area (Å²) >= 11 is 3.00. The number of alkyl halides is 3. The molecule has 0 N–H and O–H groups in total. The first kappa shape index (κ1) is 17.0. The molecule has 1 unspecified atom stereocenters. The van der Waals surface area contributed by atoms with Gasteiger partial charge < -0.3 is 4.90 Å². The summed E-state index contributed by atoms with van der Waals surface area (Å²) in [7, 11) is 1.52. The van der Waals surface area contributed by atoms with Crippen molar-refractivity contribution in [3.8, 4) is 0 Å².